The molecule has 2 aliphatic heterocycles. The van der Waals surface area contributed by atoms with Crippen LogP contribution in [0.1, 0.15) is 24.5 Å². The van der Waals surface area contributed by atoms with E-state index in [0.29, 0.717) is 30.2 Å². The van der Waals surface area contributed by atoms with Gasteiger partial charge in [-0.05, 0) is 31.5 Å². The summed E-state index contributed by atoms with van der Waals surface area (Å²) in [6, 6.07) is 4.79. The molecule has 166 valence electrons. The fourth-order valence-corrected chi connectivity index (χ4v) is 4.48. The minimum atomic E-state index is -0.730. The summed E-state index contributed by atoms with van der Waals surface area (Å²) in [6.45, 7) is 2.12. The second-order valence-corrected chi connectivity index (χ2v) is 8.31. The van der Waals surface area contributed by atoms with Crippen LogP contribution in [0.4, 0.5) is 24.8 Å². The Labute approximate surface area is 184 Å². The number of hydrogen-bond acceptors (Lipinski definition) is 6. The molecule has 1 aromatic carbocycles. The highest BCUT2D eigenvalue weighted by Gasteiger charge is 2.48. The van der Waals surface area contributed by atoms with Crippen LogP contribution in [0.5, 0.6) is 0 Å². The maximum Gasteiger partial charge on any atom is 0.236 e. The number of halogens is 3. The molecule has 1 unspecified atom stereocenters. The third-order valence-electron chi connectivity index (χ3n) is 6.25. The van der Waals surface area contributed by atoms with Gasteiger partial charge in [0.25, 0.3) is 0 Å². The summed E-state index contributed by atoms with van der Waals surface area (Å²) in [5, 5.41) is 10.7. The predicted octanol–water partition coefficient (Wildman–Crippen LogP) is 3.38. The lowest BCUT2D eigenvalue weighted by Gasteiger charge is -2.28. The lowest BCUT2D eigenvalue weighted by Crippen LogP contribution is -2.36. The zero-order valence-corrected chi connectivity index (χ0v) is 17.3. The van der Waals surface area contributed by atoms with Crippen LogP contribution >= 0.6 is 0 Å². The number of benzene rings is 1. The highest BCUT2D eigenvalue weighted by Crippen LogP contribution is 2.46. The van der Waals surface area contributed by atoms with Gasteiger partial charge in [0.15, 0.2) is 11.5 Å². The minimum absolute atomic E-state index is 0.132. The lowest BCUT2D eigenvalue weighted by molar-refractivity contribution is -0.120. The number of anilines is 2. The molecule has 11 heteroatoms. The summed E-state index contributed by atoms with van der Waals surface area (Å²) < 4.78 is 43.9. The van der Waals surface area contributed by atoms with Crippen molar-refractivity contribution in [2.75, 3.05) is 17.2 Å². The molecule has 0 aliphatic carbocycles. The summed E-state index contributed by atoms with van der Waals surface area (Å²) in [6.07, 6.45) is 1.60. The quantitative estimate of drug-likeness (QED) is 0.496. The van der Waals surface area contributed by atoms with Crippen LogP contribution in [-0.4, -0.2) is 37.2 Å². The highest BCUT2D eigenvalue weighted by molar-refractivity contribution is 6.07. The van der Waals surface area contributed by atoms with E-state index in [0.717, 1.165) is 18.3 Å². The Morgan fingerprint density at radius 2 is 1.91 bits per heavy atom. The molecule has 8 nitrogen and oxygen atoms in total. The maximum absolute atomic E-state index is 14.3. The molecule has 1 amide bonds. The van der Waals surface area contributed by atoms with Gasteiger partial charge in [-0.1, -0.05) is 6.07 Å². The topological polar surface area (TPSA) is 97.6 Å². The van der Waals surface area contributed by atoms with Gasteiger partial charge in [0.1, 0.15) is 34.8 Å². The normalized spacial score (nSPS) is 18.8. The second kappa shape index (κ2) is 6.74. The van der Waals surface area contributed by atoms with E-state index in [2.05, 4.69) is 30.7 Å². The van der Waals surface area contributed by atoms with E-state index < -0.39 is 22.9 Å². The van der Waals surface area contributed by atoms with Crippen LogP contribution < -0.4 is 10.6 Å². The van der Waals surface area contributed by atoms with E-state index in [9.17, 15) is 18.0 Å². The van der Waals surface area contributed by atoms with E-state index >= 15 is 0 Å². The molecule has 33 heavy (non-hydrogen) atoms. The van der Waals surface area contributed by atoms with Crippen molar-refractivity contribution >= 4 is 28.6 Å². The predicted molar refractivity (Wildman–Crippen MR) is 113 cm³/mol. The monoisotopic (exact) mass is 451 g/mol. The van der Waals surface area contributed by atoms with Crippen LogP contribution in [0.3, 0.4) is 0 Å². The number of nitrogens with zero attached hydrogens (tertiary/aromatic N) is 5. The van der Waals surface area contributed by atoms with Gasteiger partial charge in [-0.15, -0.1) is 0 Å². The lowest BCUT2D eigenvalue weighted by atomic mass is 9.79. The van der Waals surface area contributed by atoms with Gasteiger partial charge < -0.3 is 10.6 Å². The number of carbonyl (C=O) groups excluding carboxylic acids is 1. The number of rotatable bonds is 3. The molecular formula is C22H16F3N7O. The third kappa shape index (κ3) is 2.81. The summed E-state index contributed by atoms with van der Waals surface area (Å²) in [4.78, 5) is 25.7. The van der Waals surface area contributed by atoms with Crippen LogP contribution in [-0.2, 0) is 16.8 Å². The first-order valence-electron chi connectivity index (χ1n) is 10.3. The van der Waals surface area contributed by atoms with Gasteiger partial charge in [-0.3, -0.25) is 4.79 Å². The van der Waals surface area contributed by atoms with Gasteiger partial charge in [-0.2, -0.15) is 5.10 Å². The second-order valence-electron chi connectivity index (χ2n) is 8.31. The molecule has 0 fully saturated rings. The number of carbonyl (C=O) groups is 1. The minimum Gasteiger partial charge on any atom is -0.370 e. The number of pyridine rings is 1. The standard InChI is InChI=1S/C22H16F3N7O/c1-22-5-6-26-17-15(22)18(30-21(22)33)29-19(28-17)16-11-7-10(23)8-27-20(11)32(31-16)9-12-13(24)3-2-4-14(12)25/h2-4,7-8H,5-6,9H2,1H3,(H2,26,28,29,30,33). The van der Waals surface area contributed by atoms with E-state index in [4.69, 9.17) is 0 Å². The third-order valence-corrected chi connectivity index (χ3v) is 6.25. The van der Waals surface area contributed by atoms with Crippen molar-refractivity contribution in [1.29, 1.82) is 0 Å². The first kappa shape index (κ1) is 19.6. The Morgan fingerprint density at radius 1 is 1.15 bits per heavy atom. The largest absolute Gasteiger partial charge is 0.370 e. The van der Waals surface area contributed by atoms with Gasteiger partial charge >= 0.3 is 0 Å². The van der Waals surface area contributed by atoms with E-state index in [1.54, 1.807) is 0 Å². The first-order valence-corrected chi connectivity index (χ1v) is 10.3. The van der Waals surface area contributed by atoms with Crippen LogP contribution in [0, 0.1) is 17.5 Å². The molecule has 6 rings (SSSR count). The van der Waals surface area contributed by atoms with Gasteiger partial charge in [-0.25, -0.2) is 32.8 Å². The summed E-state index contributed by atoms with van der Waals surface area (Å²) in [7, 11) is 0. The zero-order valence-electron chi connectivity index (χ0n) is 17.3. The number of aromatic nitrogens is 5. The summed E-state index contributed by atoms with van der Waals surface area (Å²) >= 11 is 0. The number of hydrogen-bond donors (Lipinski definition) is 2. The number of nitrogens with one attached hydrogen (secondary N) is 2. The van der Waals surface area contributed by atoms with E-state index in [-0.39, 0.29) is 40.6 Å². The van der Waals surface area contributed by atoms with Crippen LogP contribution in [0.2, 0.25) is 0 Å². The molecule has 0 radical (unpaired) electrons. The molecule has 0 saturated heterocycles. The molecule has 0 saturated carbocycles. The van der Waals surface area contributed by atoms with Crippen molar-refractivity contribution < 1.29 is 18.0 Å². The van der Waals surface area contributed by atoms with Crippen molar-refractivity contribution in [2.24, 2.45) is 0 Å². The Balaban J connectivity index is 1.54. The van der Waals surface area contributed by atoms with Crippen LogP contribution in [0.25, 0.3) is 22.6 Å². The zero-order chi connectivity index (χ0) is 22.9. The van der Waals surface area contributed by atoms with Gasteiger partial charge in [0.2, 0.25) is 5.91 Å². The van der Waals surface area contributed by atoms with Crippen LogP contribution in [0.15, 0.2) is 30.5 Å². The van der Waals surface area contributed by atoms with Crippen molar-refractivity contribution in [3.8, 4) is 11.5 Å². The SMILES string of the molecule is CC12CCNc3nc(-c4nn(Cc5c(F)cccc5F)c5ncc(F)cc45)nc(c31)NC2=O. The Kier molecular flexibility index (Phi) is 4.01. The molecule has 2 aliphatic rings. The Hall–Kier alpha value is -4.02. The smallest absolute Gasteiger partial charge is 0.236 e. The molecule has 1 atom stereocenters. The average molecular weight is 451 g/mol. The average Bonchev–Trinajstić information content (AvgIpc) is 3.26. The highest BCUT2D eigenvalue weighted by atomic mass is 19.1. The molecule has 5 heterocycles. The van der Waals surface area contributed by atoms with Gasteiger partial charge in [0.05, 0.1) is 29.1 Å². The molecular weight excluding hydrogens is 435 g/mol. The number of amides is 1. The summed E-state index contributed by atoms with van der Waals surface area (Å²) in [5.41, 5.74) is 0.154. The van der Waals surface area contributed by atoms with Crippen molar-refractivity contribution in [2.45, 2.75) is 25.3 Å². The van der Waals surface area contributed by atoms with Crippen molar-refractivity contribution in [3.63, 3.8) is 0 Å². The van der Waals surface area contributed by atoms with Gasteiger partial charge in [0, 0.05) is 12.1 Å². The number of fused-ring (bicyclic) bond motifs is 1. The molecule has 4 aromatic rings. The molecule has 3 aromatic heterocycles. The maximum atomic E-state index is 14.3. The Bertz CT molecular complexity index is 1460. The van der Waals surface area contributed by atoms with E-state index in [1.165, 1.54) is 16.8 Å². The van der Waals surface area contributed by atoms with Crippen molar-refractivity contribution in [1.82, 2.24) is 24.7 Å². The first-order chi connectivity index (χ1) is 15.8. The Morgan fingerprint density at radius 3 is 2.70 bits per heavy atom. The molecule has 0 bridgehead atoms. The molecule has 2 N–H and O–H groups in total. The summed E-state index contributed by atoms with van der Waals surface area (Å²) in [5.74, 6) is -1.24. The molecule has 0 spiro atoms. The fourth-order valence-electron chi connectivity index (χ4n) is 4.48. The van der Waals surface area contributed by atoms with Crippen molar-refractivity contribution in [3.05, 3.63) is 59.0 Å². The fraction of sp³-hybridized carbons (Fsp3) is 0.227. The van der Waals surface area contributed by atoms with E-state index in [1.807, 2.05) is 6.92 Å².